The number of carbonyl (C=O) groups excluding carboxylic acids is 2. The third kappa shape index (κ3) is 6.20. The Balaban J connectivity index is 0.00000484. The standard InChI is InChI=1S/C17H27N3O2.ClH/c1-12(2)10-17(3,11-18)19-15(21)13-7-6-8-14(9-13)16(22)20(4)5;/h6-9,12H,10-11,18H2,1-5H3,(H,19,21);1H. The molecule has 2 amide bonds. The van der Waals surface area contributed by atoms with Gasteiger partial charge in [0.05, 0.1) is 0 Å². The van der Waals surface area contributed by atoms with Gasteiger partial charge in [0, 0.05) is 37.3 Å². The molecule has 1 rings (SSSR count). The summed E-state index contributed by atoms with van der Waals surface area (Å²) in [6.45, 7) is 6.50. The van der Waals surface area contributed by atoms with Crippen molar-refractivity contribution in [2.45, 2.75) is 32.7 Å². The summed E-state index contributed by atoms with van der Waals surface area (Å²) in [7, 11) is 3.37. The number of carbonyl (C=O) groups is 2. The number of nitrogens with two attached hydrogens (primary N) is 1. The summed E-state index contributed by atoms with van der Waals surface area (Å²) < 4.78 is 0. The molecule has 0 saturated heterocycles. The third-order valence-electron chi connectivity index (χ3n) is 3.50. The molecule has 0 aromatic heterocycles. The summed E-state index contributed by atoms with van der Waals surface area (Å²) in [5.41, 5.74) is 6.34. The van der Waals surface area contributed by atoms with E-state index in [0.717, 1.165) is 6.42 Å². The normalized spacial score (nSPS) is 13.0. The van der Waals surface area contributed by atoms with Crippen molar-refractivity contribution in [3.8, 4) is 0 Å². The molecule has 1 aromatic carbocycles. The highest BCUT2D eigenvalue weighted by molar-refractivity contribution is 5.99. The Morgan fingerprint density at radius 3 is 2.30 bits per heavy atom. The summed E-state index contributed by atoms with van der Waals surface area (Å²) in [4.78, 5) is 25.9. The van der Waals surface area contributed by atoms with Crippen molar-refractivity contribution in [1.82, 2.24) is 10.2 Å². The van der Waals surface area contributed by atoms with Crippen molar-refractivity contribution in [3.05, 3.63) is 35.4 Å². The van der Waals surface area contributed by atoms with Gasteiger partial charge in [-0.2, -0.15) is 0 Å². The quantitative estimate of drug-likeness (QED) is 0.833. The molecule has 0 saturated carbocycles. The monoisotopic (exact) mass is 341 g/mol. The van der Waals surface area contributed by atoms with Crippen LogP contribution in [0.25, 0.3) is 0 Å². The van der Waals surface area contributed by atoms with Crippen LogP contribution in [0.15, 0.2) is 24.3 Å². The fraction of sp³-hybridized carbons (Fsp3) is 0.529. The molecule has 0 aliphatic heterocycles. The maximum atomic E-state index is 12.5. The van der Waals surface area contributed by atoms with Crippen molar-refractivity contribution < 1.29 is 9.59 Å². The maximum Gasteiger partial charge on any atom is 0.253 e. The molecule has 0 radical (unpaired) electrons. The molecule has 0 aliphatic carbocycles. The summed E-state index contributed by atoms with van der Waals surface area (Å²) in [6, 6.07) is 6.74. The molecule has 0 bridgehead atoms. The predicted octanol–water partition coefficient (Wildman–Crippen LogP) is 2.30. The van der Waals surface area contributed by atoms with E-state index in [2.05, 4.69) is 19.2 Å². The van der Waals surface area contributed by atoms with Gasteiger partial charge < -0.3 is 16.0 Å². The van der Waals surface area contributed by atoms with Crippen LogP contribution in [0, 0.1) is 5.92 Å². The van der Waals surface area contributed by atoms with Gasteiger partial charge in [-0.15, -0.1) is 12.4 Å². The highest BCUT2D eigenvalue weighted by atomic mass is 35.5. The SMILES string of the molecule is CC(C)CC(C)(CN)NC(=O)c1cccc(C(=O)N(C)C)c1.Cl. The Hall–Kier alpha value is -1.59. The van der Waals surface area contributed by atoms with E-state index < -0.39 is 5.54 Å². The van der Waals surface area contributed by atoms with Gasteiger partial charge in [0.2, 0.25) is 0 Å². The van der Waals surface area contributed by atoms with Gasteiger partial charge in [-0.3, -0.25) is 9.59 Å². The van der Waals surface area contributed by atoms with E-state index in [-0.39, 0.29) is 24.2 Å². The highest BCUT2D eigenvalue weighted by Gasteiger charge is 2.26. The molecule has 0 spiro atoms. The predicted molar refractivity (Wildman–Crippen MR) is 96.1 cm³/mol. The molecule has 1 aromatic rings. The number of nitrogens with one attached hydrogen (secondary N) is 1. The number of amides is 2. The Morgan fingerprint density at radius 1 is 1.26 bits per heavy atom. The first-order valence-corrected chi connectivity index (χ1v) is 7.53. The molecule has 130 valence electrons. The van der Waals surface area contributed by atoms with E-state index in [1.807, 2.05) is 6.92 Å². The van der Waals surface area contributed by atoms with E-state index in [4.69, 9.17) is 5.73 Å². The number of benzene rings is 1. The molecule has 1 atom stereocenters. The third-order valence-corrected chi connectivity index (χ3v) is 3.50. The fourth-order valence-electron chi connectivity index (χ4n) is 2.48. The van der Waals surface area contributed by atoms with Crippen LogP contribution in [-0.2, 0) is 0 Å². The van der Waals surface area contributed by atoms with Gasteiger partial charge in [-0.05, 0) is 37.5 Å². The van der Waals surface area contributed by atoms with Gasteiger partial charge in [0.1, 0.15) is 0 Å². The van der Waals surface area contributed by atoms with Gasteiger partial charge in [-0.1, -0.05) is 19.9 Å². The van der Waals surface area contributed by atoms with E-state index in [9.17, 15) is 9.59 Å². The van der Waals surface area contributed by atoms with Crippen LogP contribution >= 0.6 is 12.4 Å². The Bertz CT molecular complexity index is 546. The zero-order chi connectivity index (χ0) is 16.9. The van der Waals surface area contributed by atoms with Crippen molar-refractivity contribution >= 4 is 24.2 Å². The molecule has 3 N–H and O–H groups in total. The fourth-order valence-corrected chi connectivity index (χ4v) is 2.48. The highest BCUT2D eigenvalue weighted by Crippen LogP contribution is 2.16. The maximum absolute atomic E-state index is 12.5. The lowest BCUT2D eigenvalue weighted by molar-refractivity contribution is 0.0827. The summed E-state index contributed by atoms with van der Waals surface area (Å²) in [5.74, 6) is 0.0935. The number of rotatable bonds is 6. The molecule has 6 heteroatoms. The first-order valence-electron chi connectivity index (χ1n) is 7.53. The van der Waals surface area contributed by atoms with Crippen LogP contribution in [0.3, 0.4) is 0 Å². The zero-order valence-electron chi connectivity index (χ0n) is 14.6. The van der Waals surface area contributed by atoms with E-state index in [1.165, 1.54) is 4.90 Å². The number of hydrogen-bond donors (Lipinski definition) is 2. The number of nitrogens with zero attached hydrogens (tertiary/aromatic N) is 1. The lowest BCUT2D eigenvalue weighted by Gasteiger charge is -2.31. The minimum absolute atomic E-state index is 0. The molecule has 5 nitrogen and oxygen atoms in total. The Labute approximate surface area is 145 Å². The first-order chi connectivity index (χ1) is 10.2. The average molecular weight is 342 g/mol. The van der Waals surface area contributed by atoms with E-state index in [0.29, 0.717) is 23.6 Å². The van der Waals surface area contributed by atoms with E-state index >= 15 is 0 Å². The Morgan fingerprint density at radius 2 is 1.83 bits per heavy atom. The summed E-state index contributed by atoms with van der Waals surface area (Å²) >= 11 is 0. The topological polar surface area (TPSA) is 75.4 Å². The van der Waals surface area contributed by atoms with Gasteiger partial charge in [0.25, 0.3) is 11.8 Å². The van der Waals surface area contributed by atoms with Crippen LogP contribution in [0.2, 0.25) is 0 Å². The minimum Gasteiger partial charge on any atom is -0.346 e. The Kier molecular flexibility index (Phi) is 8.28. The second-order valence-corrected chi connectivity index (χ2v) is 6.60. The average Bonchev–Trinajstić information content (AvgIpc) is 2.45. The largest absolute Gasteiger partial charge is 0.346 e. The molecular formula is C17H28ClN3O2. The zero-order valence-corrected chi connectivity index (χ0v) is 15.4. The van der Waals surface area contributed by atoms with Crippen LogP contribution in [-0.4, -0.2) is 42.9 Å². The molecule has 23 heavy (non-hydrogen) atoms. The molecule has 1 unspecified atom stereocenters. The van der Waals surface area contributed by atoms with Crippen molar-refractivity contribution in [3.63, 3.8) is 0 Å². The molecule has 0 heterocycles. The number of hydrogen-bond acceptors (Lipinski definition) is 3. The van der Waals surface area contributed by atoms with Crippen LogP contribution in [0.4, 0.5) is 0 Å². The second kappa shape index (κ2) is 8.89. The molecule has 0 fully saturated rings. The van der Waals surface area contributed by atoms with Crippen molar-refractivity contribution in [2.24, 2.45) is 11.7 Å². The lowest BCUT2D eigenvalue weighted by atomic mass is 9.90. The molecular weight excluding hydrogens is 314 g/mol. The van der Waals surface area contributed by atoms with Gasteiger partial charge in [0.15, 0.2) is 0 Å². The van der Waals surface area contributed by atoms with Gasteiger partial charge >= 0.3 is 0 Å². The van der Waals surface area contributed by atoms with Gasteiger partial charge in [-0.25, -0.2) is 0 Å². The van der Waals surface area contributed by atoms with Crippen molar-refractivity contribution in [2.75, 3.05) is 20.6 Å². The second-order valence-electron chi connectivity index (χ2n) is 6.60. The summed E-state index contributed by atoms with van der Waals surface area (Å²) in [6.07, 6.45) is 0.797. The van der Waals surface area contributed by atoms with Crippen LogP contribution in [0.1, 0.15) is 47.9 Å². The lowest BCUT2D eigenvalue weighted by Crippen LogP contribution is -2.52. The first kappa shape index (κ1) is 21.4. The van der Waals surface area contributed by atoms with E-state index in [1.54, 1.807) is 38.4 Å². The smallest absolute Gasteiger partial charge is 0.253 e. The number of halogens is 1. The summed E-state index contributed by atoms with van der Waals surface area (Å²) in [5, 5.41) is 3.00. The molecule has 0 aliphatic rings. The van der Waals surface area contributed by atoms with Crippen molar-refractivity contribution in [1.29, 1.82) is 0 Å². The van der Waals surface area contributed by atoms with Crippen LogP contribution < -0.4 is 11.1 Å². The minimum atomic E-state index is -0.452. The van der Waals surface area contributed by atoms with Crippen LogP contribution in [0.5, 0.6) is 0 Å².